The maximum atomic E-state index is 12.5. The molecule has 6 nitrogen and oxygen atoms in total. The first kappa shape index (κ1) is 20.2. The van der Waals surface area contributed by atoms with Crippen molar-refractivity contribution in [2.75, 3.05) is 43.3 Å². The number of amides is 1. The number of rotatable bonds is 8. The summed E-state index contributed by atoms with van der Waals surface area (Å²) in [5, 5.41) is 6.23. The van der Waals surface area contributed by atoms with Crippen LogP contribution in [0.15, 0.2) is 66.9 Å². The quantitative estimate of drug-likeness (QED) is 0.607. The van der Waals surface area contributed by atoms with Gasteiger partial charge in [0.1, 0.15) is 11.4 Å². The molecule has 0 aliphatic rings. The summed E-state index contributed by atoms with van der Waals surface area (Å²) in [5.74, 6) is 0.614. The van der Waals surface area contributed by atoms with Gasteiger partial charge in [-0.15, -0.1) is 0 Å². The van der Waals surface area contributed by atoms with Crippen LogP contribution in [0.5, 0.6) is 5.75 Å². The van der Waals surface area contributed by atoms with E-state index in [1.54, 1.807) is 19.4 Å². The highest BCUT2D eigenvalue weighted by Crippen LogP contribution is 2.17. The third-order valence-electron chi connectivity index (χ3n) is 4.51. The molecule has 29 heavy (non-hydrogen) atoms. The van der Waals surface area contributed by atoms with Gasteiger partial charge in [0.2, 0.25) is 0 Å². The summed E-state index contributed by atoms with van der Waals surface area (Å²) in [4.78, 5) is 18.7. The summed E-state index contributed by atoms with van der Waals surface area (Å²) in [5.41, 5.74) is 4.22. The smallest absolute Gasteiger partial charge is 0.274 e. The second kappa shape index (κ2) is 9.59. The van der Waals surface area contributed by atoms with Crippen molar-refractivity contribution in [1.29, 1.82) is 0 Å². The fraction of sp³-hybridized carbons (Fsp3) is 0.217. The predicted molar refractivity (Wildman–Crippen MR) is 118 cm³/mol. The Bertz CT molecular complexity index is 955. The minimum Gasteiger partial charge on any atom is -0.497 e. The van der Waals surface area contributed by atoms with Crippen molar-refractivity contribution in [3.8, 4) is 5.75 Å². The van der Waals surface area contributed by atoms with Crippen LogP contribution in [0.4, 0.5) is 17.1 Å². The van der Waals surface area contributed by atoms with Crippen LogP contribution in [0.3, 0.4) is 0 Å². The maximum absolute atomic E-state index is 12.5. The Hall–Kier alpha value is -3.54. The zero-order valence-electron chi connectivity index (χ0n) is 17.0. The van der Waals surface area contributed by atoms with Crippen LogP contribution in [0.1, 0.15) is 16.1 Å². The van der Waals surface area contributed by atoms with E-state index in [0.717, 1.165) is 35.8 Å². The second-order valence-corrected chi connectivity index (χ2v) is 6.85. The lowest BCUT2D eigenvalue weighted by atomic mass is 10.1. The van der Waals surface area contributed by atoms with Crippen LogP contribution in [0.25, 0.3) is 0 Å². The van der Waals surface area contributed by atoms with Gasteiger partial charge in [-0.1, -0.05) is 12.1 Å². The Labute approximate surface area is 171 Å². The number of carbonyl (C=O) groups excluding carboxylic acids is 1. The minimum atomic E-state index is -0.237. The van der Waals surface area contributed by atoms with E-state index in [9.17, 15) is 4.79 Å². The first-order valence-electron chi connectivity index (χ1n) is 9.47. The zero-order valence-corrected chi connectivity index (χ0v) is 17.0. The predicted octanol–water partition coefficient (Wildman–Crippen LogP) is 4.06. The average Bonchev–Trinajstić information content (AvgIpc) is 2.74. The van der Waals surface area contributed by atoms with E-state index in [1.807, 2.05) is 67.5 Å². The molecule has 150 valence electrons. The van der Waals surface area contributed by atoms with Crippen molar-refractivity contribution < 1.29 is 9.53 Å². The van der Waals surface area contributed by atoms with Gasteiger partial charge in [-0.25, -0.2) is 0 Å². The van der Waals surface area contributed by atoms with Crippen LogP contribution in [-0.2, 0) is 6.42 Å². The molecule has 3 aromatic rings. The molecule has 1 heterocycles. The standard InChI is InChI=1S/C23H26N4O2/c1-27(2)20-9-7-18(8-10-20)26-23(28)22-16-19(12-14-25-22)24-13-11-17-5-4-6-21(15-17)29-3/h4-10,12,14-16H,11,13H2,1-3H3,(H,24,25)(H,26,28). The van der Waals surface area contributed by atoms with Gasteiger partial charge in [0.25, 0.3) is 5.91 Å². The third kappa shape index (κ3) is 5.72. The molecule has 0 saturated carbocycles. The van der Waals surface area contributed by atoms with Gasteiger partial charge in [-0.2, -0.15) is 0 Å². The molecule has 0 spiro atoms. The van der Waals surface area contributed by atoms with Crippen LogP contribution < -0.4 is 20.3 Å². The SMILES string of the molecule is COc1cccc(CCNc2ccnc(C(=O)Nc3ccc(N(C)C)cc3)c2)c1. The summed E-state index contributed by atoms with van der Waals surface area (Å²) in [6.45, 7) is 0.740. The summed E-state index contributed by atoms with van der Waals surface area (Å²) >= 11 is 0. The van der Waals surface area contributed by atoms with Crippen LogP contribution in [0.2, 0.25) is 0 Å². The second-order valence-electron chi connectivity index (χ2n) is 6.85. The summed E-state index contributed by atoms with van der Waals surface area (Å²) in [6.07, 6.45) is 2.48. The number of nitrogens with one attached hydrogen (secondary N) is 2. The fourth-order valence-corrected chi connectivity index (χ4v) is 2.88. The molecule has 2 aromatic carbocycles. The van der Waals surface area contributed by atoms with Crippen LogP contribution >= 0.6 is 0 Å². The summed E-state index contributed by atoms with van der Waals surface area (Å²) < 4.78 is 5.25. The number of methoxy groups -OCH3 is 1. The lowest BCUT2D eigenvalue weighted by molar-refractivity contribution is 0.102. The molecule has 1 amide bonds. The van der Waals surface area contributed by atoms with Crippen molar-refractivity contribution in [3.05, 3.63) is 78.1 Å². The zero-order chi connectivity index (χ0) is 20.6. The summed E-state index contributed by atoms with van der Waals surface area (Å²) in [7, 11) is 5.62. The molecule has 0 atom stereocenters. The Morgan fingerprint density at radius 2 is 1.83 bits per heavy atom. The van der Waals surface area contributed by atoms with Gasteiger partial charge in [0.05, 0.1) is 7.11 Å². The van der Waals surface area contributed by atoms with E-state index in [1.165, 1.54) is 5.56 Å². The monoisotopic (exact) mass is 390 g/mol. The van der Waals surface area contributed by atoms with E-state index < -0.39 is 0 Å². The molecular weight excluding hydrogens is 364 g/mol. The van der Waals surface area contributed by atoms with Crippen molar-refractivity contribution >= 4 is 23.0 Å². The Morgan fingerprint density at radius 3 is 2.55 bits per heavy atom. The molecule has 3 rings (SSSR count). The Morgan fingerprint density at radius 1 is 1.03 bits per heavy atom. The van der Waals surface area contributed by atoms with Crippen LogP contribution in [-0.4, -0.2) is 38.6 Å². The highest BCUT2D eigenvalue weighted by atomic mass is 16.5. The number of ether oxygens (including phenoxy) is 1. The highest BCUT2D eigenvalue weighted by molar-refractivity contribution is 6.03. The molecule has 0 aliphatic carbocycles. The van der Waals surface area contributed by atoms with Gasteiger partial charge < -0.3 is 20.3 Å². The molecular formula is C23H26N4O2. The number of hydrogen-bond donors (Lipinski definition) is 2. The largest absolute Gasteiger partial charge is 0.497 e. The number of benzene rings is 2. The van der Waals surface area contributed by atoms with E-state index in [-0.39, 0.29) is 5.91 Å². The molecule has 0 unspecified atom stereocenters. The van der Waals surface area contributed by atoms with Gasteiger partial charge in [-0.3, -0.25) is 9.78 Å². The molecule has 6 heteroatoms. The van der Waals surface area contributed by atoms with Gasteiger partial charge in [0, 0.05) is 43.9 Å². The number of carbonyl (C=O) groups is 1. The molecule has 1 aromatic heterocycles. The van der Waals surface area contributed by atoms with Crippen molar-refractivity contribution in [2.45, 2.75) is 6.42 Å². The number of anilines is 3. The third-order valence-corrected chi connectivity index (χ3v) is 4.51. The van der Waals surface area contributed by atoms with Crippen molar-refractivity contribution in [2.24, 2.45) is 0 Å². The van der Waals surface area contributed by atoms with Crippen LogP contribution in [0, 0.1) is 0 Å². The molecule has 0 fully saturated rings. The highest BCUT2D eigenvalue weighted by Gasteiger charge is 2.09. The average molecular weight is 390 g/mol. The minimum absolute atomic E-state index is 0.237. The molecule has 0 saturated heterocycles. The maximum Gasteiger partial charge on any atom is 0.274 e. The Kier molecular flexibility index (Phi) is 6.68. The first-order chi connectivity index (χ1) is 14.0. The molecule has 0 radical (unpaired) electrons. The van der Waals surface area contributed by atoms with Gasteiger partial charge >= 0.3 is 0 Å². The number of aromatic nitrogens is 1. The fourth-order valence-electron chi connectivity index (χ4n) is 2.88. The molecule has 0 aliphatic heterocycles. The van der Waals surface area contributed by atoms with E-state index in [2.05, 4.69) is 21.7 Å². The lowest BCUT2D eigenvalue weighted by Crippen LogP contribution is -2.15. The normalized spacial score (nSPS) is 10.3. The summed E-state index contributed by atoms with van der Waals surface area (Å²) in [6, 6.07) is 19.3. The van der Waals surface area contributed by atoms with E-state index in [0.29, 0.717) is 5.69 Å². The van der Waals surface area contributed by atoms with Crippen molar-refractivity contribution in [3.63, 3.8) is 0 Å². The number of nitrogens with zero attached hydrogens (tertiary/aromatic N) is 2. The van der Waals surface area contributed by atoms with E-state index in [4.69, 9.17) is 4.74 Å². The lowest BCUT2D eigenvalue weighted by Gasteiger charge is -2.13. The van der Waals surface area contributed by atoms with Gasteiger partial charge in [0.15, 0.2) is 0 Å². The number of pyridine rings is 1. The first-order valence-corrected chi connectivity index (χ1v) is 9.47. The molecule has 0 bridgehead atoms. The van der Waals surface area contributed by atoms with Gasteiger partial charge in [-0.05, 0) is 60.5 Å². The molecule has 2 N–H and O–H groups in total. The topological polar surface area (TPSA) is 66.5 Å². The van der Waals surface area contributed by atoms with E-state index >= 15 is 0 Å². The van der Waals surface area contributed by atoms with Crippen molar-refractivity contribution in [1.82, 2.24) is 4.98 Å². The number of hydrogen-bond acceptors (Lipinski definition) is 5. The Balaban J connectivity index is 1.57.